The Morgan fingerprint density at radius 3 is 3.00 bits per heavy atom. The van der Waals surface area contributed by atoms with Crippen molar-refractivity contribution in [3.63, 3.8) is 0 Å². The quantitative estimate of drug-likeness (QED) is 0.670. The molecule has 1 N–H and O–H groups in total. The lowest BCUT2D eigenvalue weighted by Gasteiger charge is -1.94. The molecule has 2 rings (SSSR count). The van der Waals surface area contributed by atoms with Crippen LogP contribution >= 0.6 is 11.6 Å². The molecule has 2 aromatic rings. The number of rotatable bonds is 0. The smallest absolute Gasteiger partial charge is 0.126 e. The van der Waals surface area contributed by atoms with Gasteiger partial charge < -0.3 is 0 Å². The van der Waals surface area contributed by atoms with E-state index >= 15 is 0 Å². The van der Waals surface area contributed by atoms with Crippen molar-refractivity contribution < 1.29 is 4.39 Å². The van der Waals surface area contributed by atoms with E-state index in [9.17, 15) is 4.39 Å². The average Bonchev–Trinajstić information content (AvgIpc) is 2.31. The summed E-state index contributed by atoms with van der Waals surface area (Å²) in [4.78, 5) is 0. The van der Waals surface area contributed by atoms with Crippen molar-refractivity contribution >= 4 is 22.5 Å². The van der Waals surface area contributed by atoms with Gasteiger partial charge >= 0.3 is 0 Å². The highest BCUT2D eigenvalue weighted by atomic mass is 35.5. The van der Waals surface area contributed by atoms with Crippen LogP contribution in [0.2, 0.25) is 5.02 Å². The fourth-order valence-corrected chi connectivity index (χ4v) is 1.57. The van der Waals surface area contributed by atoms with Crippen LogP contribution in [-0.4, -0.2) is 10.2 Å². The SMILES string of the molecule is Cc1n[nH]c2cc(F)cc(Cl)c12. The van der Waals surface area contributed by atoms with Crippen molar-refractivity contribution in [2.24, 2.45) is 0 Å². The molecule has 1 heterocycles. The number of benzene rings is 1. The summed E-state index contributed by atoms with van der Waals surface area (Å²) in [5.74, 6) is -0.351. The predicted octanol–water partition coefficient (Wildman–Crippen LogP) is 2.66. The van der Waals surface area contributed by atoms with Crippen molar-refractivity contribution in [2.75, 3.05) is 0 Å². The van der Waals surface area contributed by atoms with Gasteiger partial charge in [-0.2, -0.15) is 5.10 Å². The second kappa shape index (κ2) is 2.45. The number of hydrogen-bond acceptors (Lipinski definition) is 1. The number of nitrogens with one attached hydrogen (secondary N) is 1. The van der Waals surface area contributed by atoms with E-state index in [4.69, 9.17) is 11.6 Å². The van der Waals surface area contributed by atoms with Gasteiger partial charge in [0.15, 0.2) is 0 Å². The minimum Gasteiger partial charge on any atom is -0.277 e. The van der Waals surface area contributed by atoms with Crippen molar-refractivity contribution in [2.45, 2.75) is 6.92 Å². The molecule has 12 heavy (non-hydrogen) atoms. The first-order valence-electron chi connectivity index (χ1n) is 3.48. The number of nitrogens with zero attached hydrogens (tertiary/aromatic N) is 1. The number of H-pyrrole nitrogens is 1. The molecule has 4 heteroatoms. The van der Waals surface area contributed by atoms with Crippen molar-refractivity contribution in [3.8, 4) is 0 Å². The van der Waals surface area contributed by atoms with E-state index in [1.54, 1.807) is 0 Å². The van der Waals surface area contributed by atoms with Crippen LogP contribution in [0, 0.1) is 12.7 Å². The van der Waals surface area contributed by atoms with Crippen LogP contribution in [0.1, 0.15) is 5.69 Å². The molecule has 2 nitrogen and oxygen atoms in total. The molecule has 62 valence electrons. The maximum absolute atomic E-state index is 12.8. The predicted molar refractivity (Wildman–Crippen MR) is 45.8 cm³/mol. The molecule has 0 saturated carbocycles. The third-order valence-electron chi connectivity index (χ3n) is 1.76. The fraction of sp³-hybridized carbons (Fsp3) is 0.125. The Labute approximate surface area is 73.3 Å². The number of halogens is 2. The second-order valence-electron chi connectivity index (χ2n) is 2.62. The topological polar surface area (TPSA) is 28.7 Å². The minimum absolute atomic E-state index is 0.351. The van der Waals surface area contributed by atoms with Crippen LogP contribution in [0.15, 0.2) is 12.1 Å². The fourth-order valence-electron chi connectivity index (χ4n) is 1.23. The standard InChI is InChI=1S/C8H6ClFN2/c1-4-8-6(9)2-5(10)3-7(8)12-11-4/h2-3H,1H3,(H,11,12). The Kier molecular flexibility index (Phi) is 1.54. The lowest BCUT2D eigenvalue weighted by molar-refractivity contribution is 0.629. The second-order valence-corrected chi connectivity index (χ2v) is 3.03. The highest BCUT2D eigenvalue weighted by Crippen LogP contribution is 2.25. The van der Waals surface area contributed by atoms with Crippen LogP contribution in [0.3, 0.4) is 0 Å². The first kappa shape index (κ1) is 7.55. The average molecular weight is 185 g/mol. The molecule has 0 aliphatic rings. The monoisotopic (exact) mass is 184 g/mol. The largest absolute Gasteiger partial charge is 0.277 e. The lowest BCUT2D eigenvalue weighted by Crippen LogP contribution is -1.76. The van der Waals surface area contributed by atoms with Crippen molar-refractivity contribution in [1.29, 1.82) is 0 Å². The van der Waals surface area contributed by atoms with Gasteiger partial charge in [-0.1, -0.05) is 11.6 Å². The Hall–Kier alpha value is -1.09. The molecule has 1 aromatic heterocycles. The zero-order valence-corrected chi connectivity index (χ0v) is 7.11. The summed E-state index contributed by atoms with van der Waals surface area (Å²) in [6.45, 7) is 1.82. The summed E-state index contributed by atoms with van der Waals surface area (Å²) in [6.07, 6.45) is 0. The molecule has 0 unspecified atom stereocenters. The van der Waals surface area contributed by atoms with E-state index in [0.29, 0.717) is 10.5 Å². The van der Waals surface area contributed by atoms with Gasteiger partial charge in [-0.15, -0.1) is 0 Å². The van der Waals surface area contributed by atoms with Crippen LogP contribution in [0.5, 0.6) is 0 Å². The van der Waals surface area contributed by atoms with Crippen LogP contribution in [-0.2, 0) is 0 Å². The maximum atomic E-state index is 12.8. The van der Waals surface area contributed by atoms with E-state index in [1.807, 2.05) is 6.92 Å². The Bertz CT molecular complexity index is 436. The van der Waals surface area contributed by atoms with E-state index in [2.05, 4.69) is 10.2 Å². The third kappa shape index (κ3) is 0.975. The summed E-state index contributed by atoms with van der Waals surface area (Å²) in [6, 6.07) is 2.66. The molecule has 0 atom stereocenters. The third-order valence-corrected chi connectivity index (χ3v) is 2.06. The van der Waals surface area contributed by atoms with Gasteiger partial charge in [-0.25, -0.2) is 4.39 Å². The molecule has 0 aliphatic carbocycles. The summed E-state index contributed by atoms with van der Waals surface area (Å²) >= 11 is 5.81. The number of aromatic nitrogens is 2. The summed E-state index contributed by atoms with van der Waals surface area (Å²) in [7, 11) is 0. The normalized spacial score (nSPS) is 10.9. The molecule has 0 saturated heterocycles. The number of fused-ring (bicyclic) bond motifs is 1. The number of aromatic amines is 1. The summed E-state index contributed by atoms with van der Waals surface area (Å²) < 4.78 is 12.8. The van der Waals surface area contributed by atoms with Gasteiger partial charge in [-0.05, 0) is 19.1 Å². The van der Waals surface area contributed by atoms with Crippen LogP contribution < -0.4 is 0 Å². The van der Waals surface area contributed by atoms with E-state index in [1.165, 1.54) is 12.1 Å². The first-order valence-corrected chi connectivity index (χ1v) is 3.86. The zero-order chi connectivity index (χ0) is 8.72. The Morgan fingerprint density at radius 2 is 2.25 bits per heavy atom. The molecule has 0 amide bonds. The van der Waals surface area contributed by atoms with E-state index in [-0.39, 0.29) is 5.82 Å². The molecule has 1 aromatic carbocycles. The minimum atomic E-state index is -0.351. The van der Waals surface area contributed by atoms with Crippen LogP contribution in [0.4, 0.5) is 4.39 Å². The first-order chi connectivity index (χ1) is 5.68. The molecule has 0 bridgehead atoms. The molecule has 0 fully saturated rings. The van der Waals surface area contributed by atoms with Gasteiger partial charge in [0.05, 0.1) is 16.2 Å². The van der Waals surface area contributed by atoms with E-state index < -0.39 is 0 Å². The number of hydrogen-bond donors (Lipinski definition) is 1. The van der Waals surface area contributed by atoms with Crippen molar-refractivity contribution in [3.05, 3.63) is 28.7 Å². The highest BCUT2D eigenvalue weighted by molar-refractivity contribution is 6.35. The Balaban J connectivity index is 2.93. The van der Waals surface area contributed by atoms with Crippen molar-refractivity contribution in [1.82, 2.24) is 10.2 Å². The summed E-state index contributed by atoms with van der Waals surface area (Å²) in [5.41, 5.74) is 1.42. The molecular weight excluding hydrogens is 179 g/mol. The zero-order valence-electron chi connectivity index (χ0n) is 6.36. The van der Waals surface area contributed by atoms with Gasteiger partial charge in [0.1, 0.15) is 5.82 Å². The molecule has 0 radical (unpaired) electrons. The van der Waals surface area contributed by atoms with Gasteiger partial charge in [0.25, 0.3) is 0 Å². The Morgan fingerprint density at radius 1 is 1.50 bits per heavy atom. The van der Waals surface area contributed by atoms with Gasteiger partial charge in [-0.3, -0.25) is 5.10 Å². The van der Waals surface area contributed by atoms with Gasteiger partial charge in [0.2, 0.25) is 0 Å². The molecule has 0 spiro atoms. The van der Waals surface area contributed by atoms with Crippen LogP contribution in [0.25, 0.3) is 10.9 Å². The highest BCUT2D eigenvalue weighted by Gasteiger charge is 2.06. The summed E-state index contributed by atoms with van der Waals surface area (Å²) in [5, 5.41) is 7.81. The molecular formula is C8H6ClFN2. The number of aryl methyl sites for hydroxylation is 1. The lowest BCUT2D eigenvalue weighted by atomic mass is 10.2. The molecule has 0 aliphatic heterocycles. The van der Waals surface area contributed by atoms with E-state index in [0.717, 1.165) is 11.1 Å². The maximum Gasteiger partial charge on any atom is 0.126 e. The van der Waals surface area contributed by atoms with Gasteiger partial charge in [0, 0.05) is 5.39 Å².